The van der Waals surface area contributed by atoms with Gasteiger partial charge in [0.1, 0.15) is 0 Å². The summed E-state index contributed by atoms with van der Waals surface area (Å²) in [6.45, 7) is 17.2. The number of hydrogen-bond acceptors (Lipinski definition) is 1. The predicted octanol–water partition coefficient (Wildman–Crippen LogP) is 4.58. The normalized spacial score (nSPS) is 13.4. The molecule has 0 spiro atoms. The molecule has 0 aliphatic heterocycles. The van der Waals surface area contributed by atoms with Crippen LogP contribution in [0.2, 0.25) is 10.9 Å². The molecular weight excluding hydrogens is 239 g/mol. The van der Waals surface area contributed by atoms with Gasteiger partial charge in [0.25, 0.3) is 0 Å². The van der Waals surface area contributed by atoms with Gasteiger partial charge in [-0.1, -0.05) is 0 Å². The molecule has 1 nitrogen and oxygen atoms in total. The fourth-order valence-corrected chi connectivity index (χ4v) is 16.3. The molecule has 0 unspecified atom stereocenters. The molecule has 0 N–H and O–H groups in total. The topological polar surface area (TPSA) is 9.23 Å². The van der Waals surface area contributed by atoms with Crippen LogP contribution in [-0.2, 0) is 23.5 Å². The zero-order chi connectivity index (χ0) is 10.6. The van der Waals surface area contributed by atoms with Crippen molar-refractivity contribution >= 4 is 0 Å². The quantitative estimate of drug-likeness (QED) is 0.707. The first-order valence-corrected chi connectivity index (χ1v) is 10.8. The third kappa shape index (κ3) is 2.89. The molecule has 0 aromatic rings. The van der Waals surface area contributed by atoms with Gasteiger partial charge in [0.15, 0.2) is 0 Å². The van der Waals surface area contributed by atoms with E-state index in [4.69, 9.17) is 2.81 Å². The zero-order valence-electron chi connectivity index (χ0n) is 10.3. The molecular formula is C11H26OZr. The Bertz CT molecular complexity index is 119. The first kappa shape index (κ1) is 13.8. The van der Waals surface area contributed by atoms with E-state index >= 15 is 0 Å². The van der Waals surface area contributed by atoms with Crippen molar-refractivity contribution in [2.24, 2.45) is 0 Å². The zero-order valence-corrected chi connectivity index (χ0v) is 12.8. The molecule has 0 fully saturated rings. The maximum absolute atomic E-state index is 6.22. The van der Waals surface area contributed by atoms with Crippen LogP contribution in [0.1, 0.15) is 48.5 Å². The van der Waals surface area contributed by atoms with Gasteiger partial charge in [0.2, 0.25) is 0 Å². The first-order valence-electron chi connectivity index (χ1n) is 5.53. The SMILES string of the molecule is CC[O][Zr]([CH](C)C)([CH](C)C)[CH](C)C. The van der Waals surface area contributed by atoms with Crippen LogP contribution in [0.15, 0.2) is 0 Å². The van der Waals surface area contributed by atoms with Crippen molar-refractivity contribution in [2.75, 3.05) is 6.61 Å². The van der Waals surface area contributed by atoms with Gasteiger partial charge in [-0.05, 0) is 0 Å². The van der Waals surface area contributed by atoms with E-state index in [-0.39, 0.29) is 0 Å². The van der Waals surface area contributed by atoms with Crippen LogP contribution in [0.25, 0.3) is 0 Å². The summed E-state index contributed by atoms with van der Waals surface area (Å²) in [5, 5.41) is 0. The molecule has 13 heavy (non-hydrogen) atoms. The van der Waals surface area contributed by atoms with Gasteiger partial charge in [0.05, 0.1) is 0 Å². The van der Waals surface area contributed by atoms with Crippen LogP contribution in [-0.4, -0.2) is 6.61 Å². The van der Waals surface area contributed by atoms with Crippen molar-refractivity contribution in [1.82, 2.24) is 0 Å². The van der Waals surface area contributed by atoms with E-state index in [0.717, 1.165) is 17.5 Å². The molecule has 0 radical (unpaired) electrons. The predicted molar refractivity (Wildman–Crippen MR) is 56.9 cm³/mol. The Morgan fingerprint density at radius 1 is 0.846 bits per heavy atom. The van der Waals surface area contributed by atoms with Crippen molar-refractivity contribution in [3.8, 4) is 0 Å². The molecule has 0 aliphatic carbocycles. The van der Waals surface area contributed by atoms with Crippen LogP contribution in [0.5, 0.6) is 0 Å². The molecule has 80 valence electrons. The summed E-state index contributed by atoms with van der Waals surface area (Å²) in [6, 6.07) is 0. The molecule has 0 aliphatic rings. The molecule has 0 heterocycles. The van der Waals surface area contributed by atoms with Crippen LogP contribution in [0, 0.1) is 0 Å². The van der Waals surface area contributed by atoms with Crippen molar-refractivity contribution in [2.45, 2.75) is 59.3 Å². The molecule has 0 aromatic heterocycles. The average molecular weight is 266 g/mol. The number of hydrogen-bond donors (Lipinski definition) is 0. The Hall–Kier alpha value is 0.843. The van der Waals surface area contributed by atoms with Gasteiger partial charge in [-0.15, -0.1) is 0 Å². The fraction of sp³-hybridized carbons (Fsp3) is 1.00. The molecule has 0 amide bonds. The molecule has 0 saturated heterocycles. The van der Waals surface area contributed by atoms with E-state index in [2.05, 4.69) is 48.5 Å². The fourth-order valence-electron chi connectivity index (χ4n) is 2.75. The number of rotatable bonds is 5. The minimum absolute atomic E-state index is 0.786. The van der Waals surface area contributed by atoms with E-state index in [1.54, 1.807) is 0 Å². The third-order valence-corrected chi connectivity index (χ3v) is 18.3. The van der Waals surface area contributed by atoms with Crippen LogP contribution < -0.4 is 0 Å². The van der Waals surface area contributed by atoms with Gasteiger partial charge in [-0.2, -0.15) is 0 Å². The summed E-state index contributed by atoms with van der Waals surface area (Å²) < 4.78 is 8.58. The standard InChI is InChI=1S/3C3H7.C2H5O.Zr/c3*1-3-2;1-2-3;/h3*3H,1-2H3;2H2,1H3;/q;;;-1;+1. The van der Waals surface area contributed by atoms with Crippen LogP contribution >= 0.6 is 0 Å². The summed E-state index contributed by atoms with van der Waals surface area (Å²) in [7, 11) is 0. The first-order chi connectivity index (χ1) is 5.89. The Morgan fingerprint density at radius 2 is 1.15 bits per heavy atom. The monoisotopic (exact) mass is 264 g/mol. The van der Waals surface area contributed by atoms with Gasteiger partial charge in [-0.3, -0.25) is 0 Å². The Labute approximate surface area is 89.3 Å². The van der Waals surface area contributed by atoms with Crippen LogP contribution in [0.4, 0.5) is 0 Å². The molecule has 0 atom stereocenters. The molecule has 0 aromatic carbocycles. The Kier molecular flexibility index (Phi) is 6.02. The summed E-state index contributed by atoms with van der Waals surface area (Å²) in [5.41, 5.74) is 0. The second-order valence-corrected chi connectivity index (χ2v) is 18.2. The van der Waals surface area contributed by atoms with E-state index in [0.29, 0.717) is 0 Å². The van der Waals surface area contributed by atoms with Crippen molar-refractivity contribution in [1.29, 1.82) is 0 Å². The van der Waals surface area contributed by atoms with E-state index in [1.807, 2.05) is 0 Å². The van der Waals surface area contributed by atoms with Crippen molar-refractivity contribution in [3.63, 3.8) is 0 Å². The van der Waals surface area contributed by atoms with Crippen LogP contribution in [0.3, 0.4) is 0 Å². The third-order valence-electron chi connectivity index (χ3n) is 3.10. The maximum atomic E-state index is 6.22. The van der Waals surface area contributed by atoms with E-state index in [1.165, 1.54) is 0 Å². The second-order valence-electron chi connectivity index (χ2n) is 4.75. The minimum atomic E-state index is -2.34. The second kappa shape index (κ2) is 5.66. The van der Waals surface area contributed by atoms with E-state index < -0.39 is 20.7 Å². The van der Waals surface area contributed by atoms with Gasteiger partial charge >= 0.3 is 89.5 Å². The summed E-state index contributed by atoms with van der Waals surface area (Å²) in [6.07, 6.45) is 0. The van der Waals surface area contributed by atoms with Crippen molar-refractivity contribution in [3.05, 3.63) is 0 Å². The molecule has 0 bridgehead atoms. The summed E-state index contributed by atoms with van der Waals surface area (Å²) in [4.78, 5) is 0. The molecule has 0 rings (SSSR count). The van der Waals surface area contributed by atoms with Gasteiger partial charge in [-0.25, -0.2) is 0 Å². The molecule has 0 saturated carbocycles. The van der Waals surface area contributed by atoms with Crippen molar-refractivity contribution < 1.29 is 23.5 Å². The van der Waals surface area contributed by atoms with Gasteiger partial charge < -0.3 is 0 Å². The summed E-state index contributed by atoms with van der Waals surface area (Å²) in [5.74, 6) is 0. The molecule has 2 heteroatoms. The van der Waals surface area contributed by atoms with Gasteiger partial charge in [0, 0.05) is 0 Å². The Morgan fingerprint density at radius 3 is 1.23 bits per heavy atom. The summed E-state index contributed by atoms with van der Waals surface area (Å²) >= 11 is -2.34. The average Bonchev–Trinajstić information content (AvgIpc) is 1.97. The Balaban J connectivity index is 4.82. The van der Waals surface area contributed by atoms with E-state index in [9.17, 15) is 0 Å².